The number of hydrogen-bond donors (Lipinski definition) is 4. The lowest BCUT2D eigenvalue weighted by Gasteiger charge is -2.06. The zero-order chi connectivity index (χ0) is 40.5. The van der Waals surface area contributed by atoms with Crippen molar-refractivity contribution in [2.24, 2.45) is 0 Å². The minimum atomic E-state index is -1.29. The van der Waals surface area contributed by atoms with Crippen LogP contribution in [0.3, 0.4) is 0 Å². The van der Waals surface area contributed by atoms with Crippen molar-refractivity contribution in [2.45, 2.75) is 13.8 Å². The van der Waals surface area contributed by atoms with Crippen LogP contribution in [0.2, 0.25) is 0 Å². The summed E-state index contributed by atoms with van der Waals surface area (Å²) in [4.78, 5) is 54.9. The SMILES string of the molecule is C#Cc1cc(C(=O)OCC)cc(C#C)n1.CCOC(=O)c1cc(-c2cn(-c3ccc(C(=O)O)c(O)c3)nn2)nc(-c2cn(-c3ccc(C(=O)O)c(O)c3)nn2)c1. The second-order valence-corrected chi connectivity index (χ2v) is 11.1. The van der Waals surface area contributed by atoms with E-state index < -0.39 is 35.4 Å². The zero-order valence-electron chi connectivity index (χ0n) is 29.3. The molecule has 0 spiro atoms. The van der Waals surface area contributed by atoms with Gasteiger partial charge in [0.15, 0.2) is 0 Å². The van der Waals surface area contributed by atoms with Crippen molar-refractivity contribution in [2.75, 3.05) is 13.2 Å². The topological polar surface area (TPSA) is 255 Å². The van der Waals surface area contributed by atoms with Gasteiger partial charge in [-0.25, -0.2) is 38.5 Å². The number of phenols is 2. The number of aromatic carboxylic acids is 2. The van der Waals surface area contributed by atoms with Crippen molar-refractivity contribution >= 4 is 23.9 Å². The third kappa shape index (κ3) is 8.80. The average Bonchev–Trinajstić information content (AvgIpc) is 3.89. The van der Waals surface area contributed by atoms with Gasteiger partial charge in [-0.1, -0.05) is 22.3 Å². The number of rotatable bonds is 10. The fourth-order valence-corrected chi connectivity index (χ4v) is 4.84. The van der Waals surface area contributed by atoms with Gasteiger partial charge in [0.25, 0.3) is 0 Å². The molecular formula is C38H28N8O10. The number of benzene rings is 2. The van der Waals surface area contributed by atoms with Crippen LogP contribution in [0.5, 0.6) is 11.5 Å². The maximum absolute atomic E-state index is 12.6. The van der Waals surface area contributed by atoms with Crippen molar-refractivity contribution in [1.82, 2.24) is 40.0 Å². The molecule has 0 saturated heterocycles. The third-order valence-electron chi connectivity index (χ3n) is 7.43. The number of hydrogen-bond acceptors (Lipinski definition) is 14. The molecule has 0 aliphatic rings. The van der Waals surface area contributed by atoms with Crippen LogP contribution in [0.4, 0.5) is 0 Å². The van der Waals surface area contributed by atoms with E-state index in [9.17, 15) is 29.4 Å². The second kappa shape index (κ2) is 17.0. The van der Waals surface area contributed by atoms with Crippen molar-refractivity contribution < 1.29 is 49.1 Å². The average molecular weight is 757 g/mol. The first-order valence-corrected chi connectivity index (χ1v) is 16.2. The van der Waals surface area contributed by atoms with Crippen LogP contribution in [-0.2, 0) is 9.47 Å². The van der Waals surface area contributed by atoms with Gasteiger partial charge in [0, 0.05) is 12.1 Å². The molecule has 4 heterocycles. The van der Waals surface area contributed by atoms with Crippen LogP contribution in [0.25, 0.3) is 34.2 Å². The Kier molecular flexibility index (Phi) is 11.8. The molecule has 0 radical (unpaired) electrons. The number of nitrogens with zero attached hydrogens (tertiary/aromatic N) is 8. The van der Waals surface area contributed by atoms with Crippen LogP contribution in [-0.4, -0.2) is 97.5 Å². The number of carbonyl (C=O) groups is 4. The lowest BCUT2D eigenvalue weighted by Crippen LogP contribution is -2.06. The smallest absolute Gasteiger partial charge is 0.339 e. The summed E-state index contributed by atoms with van der Waals surface area (Å²) in [5, 5.41) is 54.6. The Balaban J connectivity index is 0.000000337. The molecule has 18 heteroatoms. The largest absolute Gasteiger partial charge is 0.507 e. The van der Waals surface area contributed by atoms with E-state index in [1.807, 2.05) is 0 Å². The summed E-state index contributed by atoms with van der Waals surface area (Å²) in [5.74, 6) is 0.0971. The Hall–Kier alpha value is -8.38. The molecule has 0 amide bonds. The minimum absolute atomic E-state index is 0.129. The number of carboxylic acids is 2. The molecular weight excluding hydrogens is 728 g/mol. The normalized spacial score (nSPS) is 10.3. The van der Waals surface area contributed by atoms with Crippen LogP contribution >= 0.6 is 0 Å². The van der Waals surface area contributed by atoms with Crippen LogP contribution < -0.4 is 0 Å². The predicted octanol–water partition coefficient (Wildman–Crippen LogP) is 3.78. The molecule has 2 aromatic carbocycles. The molecule has 4 N–H and O–H groups in total. The Morgan fingerprint density at radius 2 is 1.04 bits per heavy atom. The molecule has 0 fully saturated rings. The van der Waals surface area contributed by atoms with Gasteiger partial charge in [0.1, 0.15) is 45.4 Å². The van der Waals surface area contributed by atoms with Gasteiger partial charge in [0.2, 0.25) is 0 Å². The molecule has 0 atom stereocenters. The highest BCUT2D eigenvalue weighted by Crippen LogP contribution is 2.27. The van der Waals surface area contributed by atoms with Gasteiger partial charge in [-0.2, -0.15) is 0 Å². The highest BCUT2D eigenvalue weighted by atomic mass is 16.5. The third-order valence-corrected chi connectivity index (χ3v) is 7.43. The summed E-state index contributed by atoms with van der Waals surface area (Å²) in [5.41, 5.74) is 2.15. The maximum atomic E-state index is 12.6. The Bertz CT molecular complexity index is 2430. The zero-order valence-corrected chi connectivity index (χ0v) is 29.3. The molecule has 0 saturated carbocycles. The number of aromatic hydroxyl groups is 2. The number of esters is 2. The Morgan fingerprint density at radius 3 is 1.39 bits per heavy atom. The van der Waals surface area contributed by atoms with E-state index in [2.05, 4.69) is 42.4 Å². The number of pyridine rings is 2. The Morgan fingerprint density at radius 1 is 0.625 bits per heavy atom. The highest BCUT2D eigenvalue weighted by molar-refractivity contribution is 5.93. The Labute approximate surface area is 316 Å². The van der Waals surface area contributed by atoms with E-state index in [1.54, 1.807) is 13.8 Å². The molecule has 4 aromatic heterocycles. The van der Waals surface area contributed by atoms with Gasteiger partial charge < -0.3 is 29.9 Å². The molecule has 0 aliphatic carbocycles. The molecule has 56 heavy (non-hydrogen) atoms. The van der Waals surface area contributed by atoms with Crippen molar-refractivity contribution in [1.29, 1.82) is 0 Å². The standard InChI is InChI=1S/C26H19N7O8.C12H9NO2/c1-2-41-26(40)13-7-18(20-11-32(30-28-20)14-3-5-16(24(36)37)22(34)9-14)27-19(8-13)21-12-33(31-29-21)15-4-6-17(25(38)39)23(35)10-15;1-4-10-7-9(12(14)15-6-3)8-11(5-2)13-10/h3-12,34-35H,2H2,1H3,(H,36,37)(H,38,39);1-2,7-8H,6H2,3H3. The second-order valence-electron chi connectivity index (χ2n) is 11.1. The summed E-state index contributed by atoms with van der Waals surface area (Å²) in [6.45, 7) is 3.82. The minimum Gasteiger partial charge on any atom is -0.507 e. The number of terminal acetylenes is 2. The maximum Gasteiger partial charge on any atom is 0.339 e. The van der Waals surface area contributed by atoms with E-state index in [-0.39, 0.29) is 46.1 Å². The number of ether oxygens (including phenoxy) is 2. The first kappa shape index (κ1) is 38.8. The molecule has 18 nitrogen and oxygen atoms in total. The fourth-order valence-electron chi connectivity index (χ4n) is 4.84. The van der Waals surface area contributed by atoms with Crippen LogP contribution in [0.15, 0.2) is 73.1 Å². The van der Waals surface area contributed by atoms with Crippen LogP contribution in [0.1, 0.15) is 66.7 Å². The van der Waals surface area contributed by atoms with Crippen molar-refractivity contribution in [3.8, 4) is 70.3 Å². The number of aromatic nitrogens is 8. The number of carboxylic acid groups (broad SMARTS) is 2. The summed E-state index contributed by atoms with van der Waals surface area (Å²) in [6.07, 6.45) is 13.3. The molecule has 0 aliphatic heterocycles. The van der Waals surface area contributed by atoms with Gasteiger partial charge in [0.05, 0.1) is 59.5 Å². The summed E-state index contributed by atoms with van der Waals surface area (Å²) >= 11 is 0. The van der Waals surface area contributed by atoms with E-state index in [0.29, 0.717) is 34.9 Å². The molecule has 6 rings (SSSR count). The summed E-state index contributed by atoms with van der Waals surface area (Å²) in [6, 6.07) is 13.6. The van der Waals surface area contributed by atoms with E-state index >= 15 is 0 Å². The highest BCUT2D eigenvalue weighted by Gasteiger charge is 2.19. The monoisotopic (exact) mass is 756 g/mol. The van der Waals surface area contributed by atoms with E-state index in [4.69, 9.17) is 32.5 Å². The van der Waals surface area contributed by atoms with Gasteiger partial charge in [-0.3, -0.25) is 0 Å². The lowest BCUT2D eigenvalue weighted by atomic mass is 10.1. The van der Waals surface area contributed by atoms with Gasteiger partial charge >= 0.3 is 23.9 Å². The van der Waals surface area contributed by atoms with E-state index in [0.717, 1.165) is 0 Å². The predicted molar refractivity (Wildman–Crippen MR) is 194 cm³/mol. The first-order valence-electron chi connectivity index (χ1n) is 16.2. The fraction of sp³-hybridized carbons (Fsp3) is 0.105. The molecule has 0 bridgehead atoms. The summed E-state index contributed by atoms with van der Waals surface area (Å²) < 4.78 is 12.6. The van der Waals surface area contributed by atoms with E-state index in [1.165, 1.54) is 82.4 Å². The lowest BCUT2D eigenvalue weighted by molar-refractivity contribution is 0.0516. The summed E-state index contributed by atoms with van der Waals surface area (Å²) in [7, 11) is 0. The van der Waals surface area contributed by atoms with Crippen LogP contribution in [0, 0.1) is 24.7 Å². The van der Waals surface area contributed by atoms with Crippen molar-refractivity contribution in [3.05, 3.63) is 107 Å². The molecule has 6 aromatic rings. The van der Waals surface area contributed by atoms with Crippen molar-refractivity contribution in [3.63, 3.8) is 0 Å². The molecule has 280 valence electrons. The number of carbonyl (C=O) groups excluding carboxylic acids is 2. The molecule has 0 unspecified atom stereocenters. The quantitative estimate of drug-likeness (QED) is 0.115. The van der Waals surface area contributed by atoms with Gasteiger partial charge in [-0.15, -0.1) is 23.0 Å². The first-order chi connectivity index (χ1) is 26.8. The van der Waals surface area contributed by atoms with Gasteiger partial charge in [-0.05, 0) is 62.4 Å².